The van der Waals surface area contributed by atoms with Crippen LogP contribution in [0.2, 0.25) is 0 Å². The maximum Gasteiger partial charge on any atom is 0.0919 e. The summed E-state index contributed by atoms with van der Waals surface area (Å²) in [6.45, 7) is 8.62. The van der Waals surface area contributed by atoms with Gasteiger partial charge in [-0.3, -0.25) is 0 Å². The first kappa shape index (κ1) is 15.5. The quantitative estimate of drug-likeness (QED) is 0.888. The number of β-amino-alcohol motifs (C(OH)–C–C–N with tert-alkyl or cyclic N) is 1. The minimum Gasteiger partial charge on any atom is -0.393 e. The van der Waals surface area contributed by atoms with E-state index in [1.54, 1.807) is 0 Å². The lowest BCUT2D eigenvalue weighted by molar-refractivity contribution is 0.0484. The fraction of sp³-hybridized carbons (Fsp3) is 0.647. The van der Waals surface area contributed by atoms with Crippen molar-refractivity contribution in [3.8, 4) is 0 Å². The van der Waals surface area contributed by atoms with Crippen molar-refractivity contribution in [3.05, 3.63) is 34.9 Å². The molecule has 2 N–H and O–H groups in total. The second kappa shape index (κ2) is 6.70. The van der Waals surface area contributed by atoms with Gasteiger partial charge in [-0.15, -0.1) is 0 Å². The molecule has 2 unspecified atom stereocenters. The molecule has 1 saturated heterocycles. The summed E-state index contributed by atoms with van der Waals surface area (Å²) < 4.78 is 0. The molecule has 3 nitrogen and oxygen atoms in total. The van der Waals surface area contributed by atoms with Crippen molar-refractivity contribution in [3.63, 3.8) is 0 Å². The van der Waals surface area contributed by atoms with Crippen LogP contribution in [0.1, 0.15) is 42.6 Å². The Morgan fingerprint density at radius 1 is 1.20 bits per heavy atom. The Labute approximate surface area is 122 Å². The van der Waals surface area contributed by atoms with Crippen molar-refractivity contribution >= 4 is 0 Å². The second-order valence-electron chi connectivity index (χ2n) is 6.25. The number of hydrogen-bond acceptors (Lipinski definition) is 3. The number of nitrogens with zero attached hydrogens (tertiary/aromatic N) is 1. The average Bonchev–Trinajstić information content (AvgIpc) is 2.42. The number of benzene rings is 1. The van der Waals surface area contributed by atoms with Gasteiger partial charge >= 0.3 is 0 Å². The highest BCUT2D eigenvalue weighted by atomic mass is 16.3. The van der Waals surface area contributed by atoms with E-state index in [2.05, 4.69) is 36.9 Å². The fourth-order valence-electron chi connectivity index (χ4n) is 3.08. The predicted octanol–water partition coefficient (Wildman–Crippen LogP) is 2.43. The average molecular weight is 277 g/mol. The van der Waals surface area contributed by atoms with Gasteiger partial charge in [-0.1, -0.05) is 23.8 Å². The van der Waals surface area contributed by atoms with Crippen LogP contribution in [0.4, 0.5) is 0 Å². The molecule has 0 bridgehead atoms. The predicted molar refractivity (Wildman–Crippen MR) is 81.7 cm³/mol. The molecule has 20 heavy (non-hydrogen) atoms. The zero-order chi connectivity index (χ0) is 14.7. The van der Waals surface area contributed by atoms with E-state index in [4.69, 9.17) is 0 Å². The molecule has 2 rings (SSSR count). The van der Waals surface area contributed by atoms with Gasteiger partial charge in [-0.2, -0.15) is 0 Å². The van der Waals surface area contributed by atoms with Crippen LogP contribution < -0.4 is 0 Å². The number of piperidine rings is 1. The van der Waals surface area contributed by atoms with Crippen LogP contribution in [-0.2, 0) is 0 Å². The smallest absolute Gasteiger partial charge is 0.0919 e. The van der Waals surface area contributed by atoms with Crippen LogP contribution in [0.15, 0.2) is 18.2 Å². The van der Waals surface area contributed by atoms with Crippen molar-refractivity contribution in [2.75, 3.05) is 19.6 Å². The number of rotatable bonds is 4. The molecule has 112 valence electrons. The Kier molecular flexibility index (Phi) is 5.19. The molecular formula is C17H27NO2. The van der Waals surface area contributed by atoms with Crippen LogP contribution in [0.25, 0.3) is 0 Å². The summed E-state index contributed by atoms with van der Waals surface area (Å²) in [6.07, 6.45) is 1.42. The highest BCUT2D eigenvalue weighted by molar-refractivity contribution is 5.32. The summed E-state index contributed by atoms with van der Waals surface area (Å²) in [5.41, 5.74) is 3.39. The topological polar surface area (TPSA) is 43.7 Å². The van der Waals surface area contributed by atoms with Crippen LogP contribution >= 0.6 is 0 Å². The molecule has 0 spiro atoms. The van der Waals surface area contributed by atoms with Crippen LogP contribution in [-0.4, -0.2) is 40.9 Å². The molecule has 0 aliphatic carbocycles. The Morgan fingerprint density at radius 3 is 2.45 bits per heavy atom. The lowest BCUT2D eigenvalue weighted by atomic mass is 9.91. The Balaban J connectivity index is 1.92. The first-order valence-electron chi connectivity index (χ1n) is 7.63. The Hall–Kier alpha value is -0.900. The van der Waals surface area contributed by atoms with Crippen molar-refractivity contribution < 1.29 is 10.2 Å². The third-order valence-corrected chi connectivity index (χ3v) is 4.54. The maximum atomic E-state index is 10.5. The van der Waals surface area contributed by atoms with Gasteiger partial charge in [0.1, 0.15) is 0 Å². The largest absolute Gasteiger partial charge is 0.393 e. The van der Waals surface area contributed by atoms with E-state index in [0.29, 0.717) is 12.5 Å². The van der Waals surface area contributed by atoms with Crippen molar-refractivity contribution in [2.24, 2.45) is 5.92 Å². The third kappa shape index (κ3) is 3.81. The van der Waals surface area contributed by atoms with Crippen molar-refractivity contribution in [1.29, 1.82) is 0 Å². The lowest BCUT2D eigenvalue weighted by Crippen LogP contribution is -2.39. The summed E-state index contributed by atoms with van der Waals surface area (Å²) in [6, 6.07) is 6.25. The van der Waals surface area contributed by atoms with Crippen LogP contribution in [0, 0.1) is 19.8 Å². The maximum absolute atomic E-state index is 10.5. The van der Waals surface area contributed by atoms with Gasteiger partial charge in [0.25, 0.3) is 0 Å². The van der Waals surface area contributed by atoms with Gasteiger partial charge in [0.05, 0.1) is 12.2 Å². The molecule has 1 aliphatic heterocycles. The molecule has 1 aromatic carbocycles. The van der Waals surface area contributed by atoms with Gasteiger partial charge in [0.15, 0.2) is 0 Å². The molecule has 1 aliphatic rings. The van der Waals surface area contributed by atoms with Gasteiger partial charge in [0, 0.05) is 6.54 Å². The second-order valence-corrected chi connectivity index (χ2v) is 6.25. The molecule has 0 amide bonds. The van der Waals surface area contributed by atoms with E-state index in [-0.39, 0.29) is 6.10 Å². The summed E-state index contributed by atoms with van der Waals surface area (Å²) in [4.78, 5) is 2.31. The summed E-state index contributed by atoms with van der Waals surface area (Å²) in [5, 5.41) is 20.1. The van der Waals surface area contributed by atoms with Crippen molar-refractivity contribution in [2.45, 2.75) is 45.8 Å². The van der Waals surface area contributed by atoms with E-state index in [9.17, 15) is 10.2 Å². The Bertz CT molecular complexity index is 437. The highest BCUT2D eigenvalue weighted by Gasteiger charge is 2.24. The molecule has 2 atom stereocenters. The molecular weight excluding hydrogens is 250 g/mol. The first-order chi connectivity index (χ1) is 9.47. The van der Waals surface area contributed by atoms with E-state index >= 15 is 0 Å². The standard InChI is InChI=1S/C17H27NO2/c1-12-4-5-13(2)16(10-12)17(20)11-18-8-6-15(7-9-18)14(3)19/h4-5,10,14-15,17,19-20H,6-9,11H2,1-3H3. The zero-order valence-electron chi connectivity index (χ0n) is 12.8. The van der Waals surface area contributed by atoms with Gasteiger partial charge in [-0.05, 0) is 63.7 Å². The monoisotopic (exact) mass is 277 g/mol. The molecule has 1 aromatic rings. The zero-order valence-corrected chi connectivity index (χ0v) is 12.8. The molecule has 1 fully saturated rings. The molecule has 0 saturated carbocycles. The SMILES string of the molecule is Cc1ccc(C)c(C(O)CN2CCC(C(C)O)CC2)c1. The van der Waals surface area contributed by atoms with Gasteiger partial charge in [-0.25, -0.2) is 0 Å². The van der Waals surface area contributed by atoms with E-state index in [0.717, 1.165) is 37.1 Å². The van der Waals surface area contributed by atoms with Gasteiger partial charge < -0.3 is 15.1 Å². The molecule has 0 aromatic heterocycles. The summed E-state index contributed by atoms with van der Waals surface area (Å²) in [5.74, 6) is 0.420. The van der Waals surface area contributed by atoms with E-state index in [1.165, 1.54) is 5.56 Å². The van der Waals surface area contributed by atoms with E-state index < -0.39 is 6.10 Å². The first-order valence-corrected chi connectivity index (χ1v) is 7.63. The third-order valence-electron chi connectivity index (χ3n) is 4.54. The minimum absolute atomic E-state index is 0.207. The summed E-state index contributed by atoms with van der Waals surface area (Å²) >= 11 is 0. The molecule has 0 radical (unpaired) electrons. The summed E-state index contributed by atoms with van der Waals surface area (Å²) in [7, 11) is 0. The van der Waals surface area contributed by atoms with Crippen LogP contribution in [0.3, 0.4) is 0 Å². The highest BCUT2D eigenvalue weighted by Crippen LogP contribution is 2.24. The van der Waals surface area contributed by atoms with Crippen molar-refractivity contribution in [1.82, 2.24) is 4.90 Å². The van der Waals surface area contributed by atoms with Crippen LogP contribution in [0.5, 0.6) is 0 Å². The number of aliphatic hydroxyl groups is 2. The number of aliphatic hydroxyl groups excluding tert-OH is 2. The molecule has 1 heterocycles. The van der Waals surface area contributed by atoms with Gasteiger partial charge in [0.2, 0.25) is 0 Å². The minimum atomic E-state index is -0.419. The fourth-order valence-corrected chi connectivity index (χ4v) is 3.08. The lowest BCUT2D eigenvalue weighted by Gasteiger charge is -2.34. The number of hydrogen-bond donors (Lipinski definition) is 2. The van der Waals surface area contributed by atoms with E-state index in [1.807, 2.05) is 6.92 Å². The number of likely N-dealkylation sites (tertiary alicyclic amines) is 1. The normalized spacial score (nSPS) is 20.9. The number of aryl methyl sites for hydroxylation is 2. The molecule has 3 heteroatoms. The Morgan fingerprint density at radius 2 is 1.85 bits per heavy atom.